The van der Waals surface area contributed by atoms with Crippen LogP contribution in [0.1, 0.15) is 18.4 Å². The third-order valence-electron chi connectivity index (χ3n) is 5.07. The number of nitrogens with zero attached hydrogens (tertiary/aromatic N) is 1. The van der Waals surface area contributed by atoms with E-state index in [2.05, 4.69) is 10.3 Å². The SMILES string of the molecule is COc1ccc(NC(=O)C2CCC(=O)N2Cc2c[nH]c3ccccc23)cc1Cl. The van der Waals surface area contributed by atoms with E-state index in [9.17, 15) is 9.59 Å². The fourth-order valence-corrected chi connectivity index (χ4v) is 3.88. The number of nitrogens with one attached hydrogen (secondary N) is 2. The summed E-state index contributed by atoms with van der Waals surface area (Å²) in [4.78, 5) is 30.1. The van der Waals surface area contributed by atoms with Crippen molar-refractivity contribution in [1.29, 1.82) is 0 Å². The molecule has 1 saturated heterocycles. The van der Waals surface area contributed by atoms with Gasteiger partial charge in [-0.1, -0.05) is 29.8 Å². The first kappa shape index (κ1) is 18.4. The maximum Gasteiger partial charge on any atom is 0.247 e. The van der Waals surface area contributed by atoms with Crippen molar-refractivity contribution in [3.8, 4) is 5.75 Å². The average molecular weight is 398 g/mol. The number of anilines is 1. The fourth-order valence-electron chi connectivity index (χ4n) is 3.62. The van der Waals surface area contributed by atoms with Crippen LogP contribution in [0.25, 0.3) is 10.9 Å². The van der Waals surface area contributed by atoms with Crippen molar-refractivity contribution >= 4 is 40.0 Å². The molecule has 4 rings (SSSR count). The van der Waals surface area contributed by atoms with Crippen molar-refractivity contribution in [1.82, 2.24) is 9.88 Å². The zero-order valence-corrected chi connectivity index (χ0v) is 16.1. The van der Waals surface area contributed by atoms with Gasteiger partial charge in [0.25, 0.3) is 0 Å². The Hall–Kier alpha value is -2.99. The van der Waals surface area contributed by atoms with E-state index in [1.807, 2.05) is 30.5 Å². The van der Waals surface area contributed by atoms with Crippen molar-refractivity contribution < 1.29 is 14.3 Å². The van der Waals surface area contributed by atoms with E-state index < -0.39 is 6.04 Å². The predicted octanol–water partition coefficient (Wildman–Crippen LogP) is 3.96. The second-order valence-corrected chi connectivity index (χ2v) is 7.18. The van der Waals surface area contributed by atoms with Gasteiger partial charge in [-0.15, -0.1) is 0 Å². The number of aromatic amines is 1. The number of carbonyl (C=O) groups is 2. The summed E-state index contributed by atoms with van der Waals surface area (Å²) >= 11 is 6.13. The van der Waals surface area contributed by atoms with Crippen molar-refractivity contribution in [2.45, 2.75) is 25.4 Å². The Bertz CT molecular complexity index is 1050. The molecular formula is C21H20ClN3O3. The summed E-state index contributed by atoms with van der Waals surface area (Å²) in [6.45, 7) is 0.393. The molecule has 2 aromatic carbocycles. The minimum Gasteiger partial charge on any atom is -0.495 e. The lowest BCUT2D eigenvalue weighted by Crippen LogP contribution is -2.41. The maximum absolute atomic E-state index is 12.8. The molecule has 2 N–H and O–H groups in total. The first-order valence-corrected chi connectivity index (χ1v) is 9.43. The summed E-state index contributed by atoms with van der Waals surface area (Å²) in [7, 11) is 1.53. The molecule has 1 aliphatic rings. The average Bonchev–Trinajstić information content (AvgIpc) is 3.26. The number of H-pyrrole nitrogens is 1. The molecule has 1 aliphatic heterocycles. The van der Waals surface area contributed by atoms with Gasteiger partial charge in [0.05, 0.1) is 12.1 Å². The summed E-state index contributed by atoms with van der Waals surface area (Å²) in [5.74, 6) is 0.307. The van der Waals surface area contributed by atoms with Gasteiger partial charge in [0, 0.05) is 35.8 Å². The summed E-state index contributed by atoms with van der Waals surface area (Å²) in [6.07, 6.45) is 2.76. The van der Waals surface area contributed by atoms with E-state index in [0.29, 0.717) is 35.8 Å². The van der Waals surface area contributed by atoms with Crippen LogP contribution in [0.4, 0.5) is 5.69 Å². The van der Waals surface area contributed by atoms with Crippen LogP contribution in [0.2, 0.25) is 5.02 Å². The molecule has 0 spiro atoms. The molecule has 28 heavy (non-hydrogen) atoms. The predicted molar refractivity (Wildman–Crippen MR) is 109 cm³/mol. The number of hydrogen-bond donors (Lipinski definition) is 2. The number of likely N-dealkylation sites (tertiary alicyclic amines) is 1. The van der Waals surface area contributed by atoms with Crippen LogP contribution in [0.3, 0.4) is 0 Å². The van der Waals surface area contributed by atoms with Gasteiger partial charge in [-0.05, 0) is 36.2 Å². The zero-order valence-electron chi connectivity index (χ0n) is 15.4. The van der Waals surface area contributed by atoms with Crippen LogP contribution >= 0.6 is 11.6 Å². The fraction of sp³-hybridized carbons (Fsp3) is 0.238. The normalized spacial score (nSPS) is 16.6. The van der Waals surface area contributed by atoms with Crippen molar-refractivity contribution in [3.63, 3.8) is 0 Å². The van der Waals surface area contributed by atoms with Gasteiger partial charge in [0.1, 0.15) is 11.8 Å². The first-order chi connectivity index (χ1) is 13.6. The topological polar surface area (TPSA) is 74.4 Å². The van der Waals surface area contributed by atoms with Crippen molar-refractivity contribution in [3.05, 3.63) is 59.2 Å². The number of methoxy groups -OCH3 is 1. The molecule has 2 heterocycles. The number of ether oxygens (including phenoxy) is 1. The number of rotatable bonds is 5. The zero-order chi connectivity index (χ0) is 19.7. The molecule has 7 heteroatoms. The molecule has 144 valence electrons. The van der Waals surface area contributed by atoms with Crippen molar-refractivity contribution in [2.75, 3.05) is 12.4 Å². The highest BCUT2D eigenvalue weighted by Gasteiger charge is 2.36. The van der Waals surface area contributed by atoms with Crippen LogP contribution in [0.5, 0.6) is 5.75 Å². The summed E-state index contributed by atoms with van der Waals surface area (Å²) < 4.78 is 5.13. The number of aromatic nitrogens is 1. The summed E-state index contributed by atoms with van der Waals surface area (Å²) in [6, 6.07) is 12.5. The molecule has 2 amide bonds. The van der Waals surface area contributed by atoms with Gasteiger partial charge in [-0.25, -0.2) is 0 Å². The summed E-state index contributed by atoms with van der Waals surface area (Å²) in [5, 5.41) is 4.34. The van der Waals surface area contributed by atoms with Crippen LogP contribution in [0.15, 0.2) is 48.7 Å². The van der Waals surface area contributed by atoms with Crippen LogP contribution in [-0.2, 0) is 16.1 Å². The third-order valence-corrected chi connectivity index (χ3v) is 5.36. The lowest BCUT2D eigenvalue weighted by molar-refractivity contribution is -0.133. The number of hydrogen-bond acceptors (Lipinski definition) is 3. The Morgan fingerprint density at radius 3 is 2.93 bits per heavy atom. The highest BCUT2D eigenvalue weighted by Crippen LogP contribution is 2.29. The number of amides is 2. The van der Waals surface area contributed by atoms with Gasteiger partial charge in [0.15, 0.2) is 0 Å². The molecule has 0 bridgehead atoms. The van der Waals surface area contributed by atoms with E-state index in [0.717, 1.165) is 16.5 Å². The van der Waals surface area contributed by atoms with Gasteiger partial charge < -0.3 is 19.9 Å². The quantitative estimate of drug-likeness (QED) is 0.684. The number of fused-ring (bicyclic) bond motifs is 1. The Morgan fingerprint density at radius 1 is 1.32 bits per heavy atom. The highest BCUT2D eigenvalue weighted by molar-refractivity contribution is 6.32. The second kappa shape index (κ2) is 7.56. The number of para-hydroxylation sites is 1. The molecule has 6 nitrogen and oxygen atoms in total. The first-order valence-electron chi connectivity index (χ1n) is 9.05. The van der Waals surface area contributed by atoms with E-state index in [-0.39, 0.29) is 11.8 Å². The molecule has 3 aromatic rings. The minimum atomic E-state index is -0.512. The van der Waals surface area contributed by atoms with Crippen molar-refractivity contribution in [2.24, 2.45) is 0 Å². The maximum atomic E-state index is 12.8. The highest BCUT2D eigenvalue weighted by atomic mass is 35.5. The van der Waals surface area contributed by atoms with E-state index in [1.54, 1.807) is 23.1 Å². The molecule has 1 atom stereocenters. The molecule has 1 fully saturated rings. The molecule has 1 aromatic heterocycles. The number of halogens is 1. The van der Waals surface area contributed by atoms with Crippen LogP contribution in [-0.4, -0.2) is 34.8 Å². The lowest BCUT2D eigenvalue weighted by Gasteiger charge is -2.24. The van der Waals surface area contributed by atoms with E-state index in [1.165, 1.54) is 7.11 Å². The van der Waals surface area contributed by atoms with Gasteiger partial charge >= 0.3 is 0 Å². The molecule has 0 aliphatic carbocycles. The summed E-state index contributed by atoms with van der Waals surface area (Å²) in [5.41, 5.74) is 2.58. The smallest absolute Gasteiger partial charge is 0.247 e. The van der Waals surface area contributed by atoms with E-state index >= 15 is 0 Å². The largest absolute Gasteiger partial charge is 0.495 e. The molecular weight excluding hydrogens is 378 g/mol. The standard InChI is InChI=1S/C21H20ClN3O3/c1-28-19-8-6-14(10-16(19)22)24-21(27)18-7-9-20(26)25(18)12-13-11-23-17-5-3-2-4-15(13)17/h2-6,8,10-11,18,23H,7,9,12H2,1H3,(H,24,27). The van der Waals surface area contributed by atoms with Gasteiger partial charge in [-0.2, -0.15) is 0 Å². The van der Waals surface area contributed by atoms with Gasteiger partial charge in [-0.3, -0.25) is 9.59 Å². The Morgan fingerprint density at radius 2 is 2.14 bits per heavy atom. The Balaban J connectivity index is 1.52. The van der Waals surface area contributed by atoms with Crippen LogP contribution in [0, 0.1) is 0 Å². The molecule has 0 radical (unpaired) electrons. The van der Waals surface area contributed by atoms with Crippen LogP contribution < -0.4 is 10.1 Å². The minimum absolute atomic E-state index is 0.0156. The Labute approximate surface area is 167 Å². The lowest BCUT2D eigenvalue weighted by atomic mass is 10.1. The molecule has 1 unspecified atom stereocenters. The van der Waals surface area contributed by atoms with E-state index in [4.69, 9.17) is 16.3 Å². The monoisotopic (exact) mass is 397 g/mol. The number of benzene rings is 2. The van der Waals surface area contributed by atoms with Gasteiger partial charge in [0.2, 0.25) is 11.8 Å². The molecule has 0 saturated carbocycles. The second-order valence-electron chi connectivity index (χ2n) is 6.77. The Kier molecular flexibility index (Phi) is 4.96. The third kappa shape index (κ3) is 3.43. The number of carbonyl (C=O) groups excluding carboxylic acids is 2.